The number of hydrogen-bond donors (Lipinski definition) is 1. The van der Waals surface area contributed by atoms with Gasteiger partial charge in [-0.3, -0.25) is 4.79 Å². The van der Waals surface area contributed by atoms with Crippen LogP contribution in [0.5, 0.6) is 0 Å². The van der Waals surface area contributed by atoms with Gasteiger partial charge >= 0.3 is 5.97 Å². The number of nitrogens with one attached hydrogen (secondary N) is 1. The molecule has 0 amide bonds. The van der Waals surface area contributed by atoms with Crippen molar-refractivity contribution in [3.63, 3.8) is 0 Å². The number of carbonyl (C=O) groups excluding carboxylic acids is 2. The molecule has 0 bridgehead atoms. The Bertz CT molecular complexity index is 750. The summed E-state index contributed by atoms with van der Waals surface area (Å²) in [5.74, 6) is -0.478. The number of nitrogens with zero attached hydrogens (tertiary/aromatic N) is 1. The Balaban J connectivity index is 2.03. The molecule has 1 aromatic heterocycles. The molecular weight excluding hydrogens is 299 g/mol. The van der Waals surface area contributed by atoms with E-state index < -0.39 is 11.8 Å². The number of fused-ring (bicyclic) bond motifs is 1. The number of ketones is 1. The maximum absolute atomic E-state index is 13.0. The number of hydrogen-bond acceptors (Lipinski definition) is 4. The molecule has 2 heterocycles. The smallest absolute Gasteiger partial charge is 0.355 e. The molecule has 0 radical (unpaired) electrons. The molecule has 0 atom stereocenters. The molecular formula is C17H17FN2O3. The lowest BCUT2D eigenvalue weighted by molar-refractivity contribution is 0.0513. The lowest BCUT2D eigenvalue weighted by atomic mass is 10.0. The number of anilines is 1. The van der Waals surface area contributed by atoms with Gasteiger partial charge in [0, 0.05) is 18.7 Å². The highest BCUT2D eigenvalue weighted by atomic mass is 19.1. The van der Waals surface area contributed by atoms with E-state index in [0.29, 0.717) is 29.2 Å². The molecule has 23 heavy (non-hydrogen) atoms. The second kappa shape index (κ2) is 6.24. The Hall–Kier alpha value is -2.63. The summed E-state index contributed by atoms with van der Waals surface area (Å²) < 4.78 is 19.9. The molecule has 5 nitrogen and oxygen atoms in total. The van der Waals surface area contributed by atoms with E-state index in [-0.39, 0.29) is 12.4 Å². The lowest BCUT2D eigenvalue weighted by Gasteiger charge is -2.20. The third-order valence-corrected chi connectivity index (χ3v) is 3.78. The Kier molecular flexibility index (Phi) is 4.14. The van der Waals surface area contributed by atoms with E-state index in [2.05, 4.69) is 5.32 Å². The molecule has 0 unspecified atom stereocenters. The van der Waals surface area contributed by atoms with E-state index in [1.165, 1.54) is 24.3 Å². The number of ether oxygens (including phenoxy) is 1. The quantitative estimate of drug-likeness (QED) is 0.696. The van der Waals surface area contributed by atoms with Gasteiger partial charge in [0.1, 0.15) is 17.3 Å². The lowest BCUT2D eigenvalue weighted by Crippen LogP contribution is -2.21. The largest absolute Gasteiger partial charge is 0.461 e. The van der Waals surface area contributed by atoms with E-state index in [4.69, 9.17) is 4.74 Å². The highest BCUT2D eigenvalue weighted by Crippen LogP contribution is 2.28. The first kappa shape index (κ1) is 15.3. The monoisotopic (exact) mass is 316 g/mol. The van der Waals surface area contributed by atoms with E-state index in [0.717, 1.165) is 13.0 Å². The van der Waals surface area contributed by atoms with Crippen LogP contribution in [0, 0.1) is 5.82 Å². The minimum absolute atomic E-state index is 0.251. The second-order valence-electron chi connectivity index (χ2n) is 5.28. The molecule has 1 aliphatic heterocycles. The maximum Gasteiger partial charge on any atom is 0.355 e. The zero-order valence-corrected chi connectivity index (χ0v) is 12.8. The van der Waals surface area contributed by atoms with Gasteiger partial charge in [0.2, 0.25) is 0 Å². The van der Waals surface area contributed by atoms with Gasteiger partial charge in [-0.05, 0) is 43.7 Å². The van der Waals surface area contributed by atoms with Crippen LogP contribution in [0.1, 0.15) is 39.8 Å². The van der Waals surface area contributed by atoms with Gasteiger partial charge in [-0.25, -0.2) is 9.18 Å². The zero-order valence-electron chi connectivity index (χ0n) is 12.8. The van der Waals surface area contributed by atoms with Gasteiger partial charge < -0.3 is 14.6 Å². The average molecular weight is 316 g/mol. The SMILES string of the molecule is CCOC(=O)c1cc(C(=O)c2ccc(F)cc2)c2n1CCCN2. The molecule has 0 spiro atoms. The number of benzene rings is 1. The topological polar surface area (TPSA) is 60.3 Å². The van der Waals surface area contributed by atoms with Crippen LogP contribution < -0.4 is 5.32 Å². The highest BCUT2D eigenvalue weighted by molar-refractivity contribution is 6.13. The van der Waals surface area contributed by atoms with Crippen molar-refractivity contribution in [2.45, 2.75) is 19.9 Å². The predicted octanol–water partition coefficient (Wildman–Crippen LogP) is 2.85. The first-order chi connectivity index (χ1) is 11.1. The fraction of sp³-hybridized carbons (Fsp3) is 0.294. The Morgan fingerprint density at radius 3 is 2.74 bits per heavy atom. The summed E-state index contributed by atoms with van der Waals surface area (Å²) in [6.45, 7) is 3.39. The van der Waals surface area contributed by atoms with Crippen molar-refractivity contribution in [3.8, 4) is 0 Å². The van der Waals surface area contributed by atoms with Gasteiger partial charge in [0.25, 0.3) is 0 Å². The number of aromatic nitrogens is 1. The number of halogens is 1. The summed E-state index contributed by atoms with van der Waals surface area (Å²) in [6.07, 6.45) is 0.859. The first-order valence-corrected chi connectivity index (χ1v) is 7.56. The van der Waals surface area contributed by atoms with Crippen molar-refractivity contribution >= 4 is 17.6 Å². The summed E-state index contributed by atoms with van der Waals surface area (Å²) >= 11 is 0. The van der Waals surface area contributed by atoms with Crippen LogP contribution in [0.15, 0.2) is 30.3 Å². The van der Waals surface area contributed by atoms with Crippen LogP contribution in [-0.4, -0.2) is 29.5 Å². The number of carbonyl (C=O) groups is 2. The third kappa shape index (κ3) is 2.84. The average Bonchev–Trinajstić information content (AvgIpc) is 2.95. The molecule has 1 aliphatic rings. The Labute approximate surface area is 133 Å². The van der Waals surface area contributed by atoms with Crippen molar-refractivity contribution in [2.75, 3.05) is 18.5 Å². The van der Waals surface area contributed by atoms with Gasteiger partial charge in [0.05, 0.1) is 12.2 Å². The summed E-state index contributed by atoms with van der Waals surface area (Å²) in [6, 6.07) is 6.92. The second-order valence-corrected chi connectivity index (χ2v) is 5.28. The molecule has 3 rings (SSSR count). The highest BCUT2D eigenvalue weighted by Gasteiger charge is 2.26. The molecule has 0 fully saturated rings. The molecule has 120 valence electrons. The van der Waals surface area contributed by atoms with Gasteiger partial charge in [-0.15, -0.1) is 0 Å². The minimum atomic E-state index is -0.449. The fourth-order valence-electron chi connectivity index (χ4n) is 2.72. The van der Waals surface area contributed by atoms with E-state index in [1.807, 2.05) is 0 Å². The van der Waals surface area contributed by atoms with Gasteiger partial charge in [0.15, 0.2) is 5.78 Å². The molecule has 0 saturated heterocycles. The molecule has 2 aromatic rings. The van der Waals surface area contributed by atoms with Crippen LogP contribution in [0.25, 0.3) is 0 Å². The Morgan fingerprint density at radius 1 is 1.30 bits per heavy atom. The Morgan fingerprint density at radius 2 is 2.04 bits per heavy atom. The fourth-order valence-corrected chi connectivity index (χ4v) is 2.72. The summed E-state index contributed by atoms with van der Waals surface area (Å²) in [5, 5.41) is 3.17. The standard InChI is InChI=1S/C17H17FN2O3/c1-2-23-17(22)14-10-13(16-19-8-3-9-20(14)16)15(21)11-4-6-12(18)7-5-11/h4-7,10,19H,2-3,8-9H2,1H3. The third-order valence-electron chi connectivity index (χ3n) is 3.78. The maximum atomic E-state index is 13.0. The van der Waals surface area contributed by atoms with Crippen LogP contribution in [0.2, 0.25) is 0 Å². The minimum Gasteiger partial charge on any atom is -0.461 e. The summed E-state index contributed by atoms with van der Waals surface area (Å²) in [4.78, 5) is 24.8. The van der Waals surface area contributed by atoms with Crippen LogP contribution in [-0.2, 0) is 11.3 Å². The van der Waals surface area contributed by atoms with Crippen molar-refractivity contribution in [1.82, 2.24) is 4.57 Å². The van der Waals surface area contributed by atoms with E-state index in [1.54, 1.807) is 17.6 Å². The van der Waals surface area contributed by atoms with Crippen LogP contribution in [0.4, 0.5) is 10.2 Å². The van der Waals surface area contributed by atoms with E-state index >= 15 is 0 Å². The summed E-state index contributed by atoms with van der Waals surface area (Å²) in [7, 11) is 0. The van der Waals surface area contributed by atoms with Crippen molar-refractivity contribution < 1.29 is 18.7 Å². The molecule has 6 heteroatoms. The first-order valence-electron chi connectivity index (χ1n) is 7.56. The van der Waals surface area contributed by atoms with E-state index in [9.17, 15) is 14.0 Å². The van der Waals surface area contributed by atoms with Crippen LogP contribution >= 0.6 is 0 Å². The number of rotatable bonds is 4. The van der Waals surface area contributed by atoms with Crippen molar-refractivity contribution in [3.05, 3.63) is 53.0 Å². The van der Waals surface area contributed by atoms with Crippen LogP contribution in [0.3, 0.4) is 0 Å². The molecule has 1 N–H and O–H groups in total. The van der Waals surface area contributed by atoms with Gasteiger partial charge in [-0.1, -0.05) is 0 Å². The normalized spacial score (nSPS) is 13.1. The molecule has 0 saturated carbocycles. The molecule has 0 aliphatic carbocycles. The number of esters is 1. The molecule has 1 aromatic carbocycles. The zero-order chi connectivity index (χ0) is 16.4. The van der Waals surface area contributed by atoms with Crippen molar-refractivity contribution in [1.29, 1.82) is 0 Å². The predicted molar refractivity (Wildman–Crippen MR) is 83.3 cm³/mol. The van der Waals surface area contributed by atoms with Gasteiger partial charge in [-0.2, -0.15) is 0 Å². The van der Waals surface area contributed by atoms with Crippen molar-refractivity contribution in [2.24, 2.45) is 0 Å². The summed E-state index contributed by atoms with van der Waals surface area (Å²) in [5.41, 5.74) is 1.14.